The third-order valence-electron chi connectivity index (χ3n) is 4.51. The van der Waals surface area contributed by atoms with Crippen LogP contribution >= 0.6 is 0 Å². The Morgan fingerprint density at radius 1 is 1.05 bits per heavy atom. The minimum atomic E-state index is -0.250. The van der Waals surface area contributed by atoms with Gasteiger partial charge in [-0.2, -0.15) is 0 Å². The summed E-state index contributed by atoms with van der Waals surface area (Å²) >= 11 is 0. The monoisotopic (exact) mass is 299 g/mol. The van der Waals surface area contributed by atoms with Gasteiger partial charge in [-0.1, -0.05) is 27.7 Å². The van der Waals surface area contributed by atoms with Crippen molar-refractivity contribution in [3.8, 4) is 0 Å². The van der Waals surface area contributed by atoms with Crippen LogP contribution in [0.5, 0.6) is 0 Å². The average molecular weight is 299 g/mol. The van der Waals surface area contributed by atoms with Crippen LogP contribution in [-0.4, -0.2) is 17.3 Å². The first-order valence-corrected chi connectivity index (χ1v) is 8.13. The summed E-state index contributed by atoms with van der Waals surface area (Å²) in [5.41, 5.74) is 3.83. The van der Waals surface area contributed by atoms with E-state index in [9.17, 15) is 9.59 Å². The summed E-state index contributed by atoms with van der Waals surface area (Å²) in [6, 6.07) is 3.65. The van der Waals surface area contributed by atoms with Crippen molar-refractivity contribution >= 4 is 23.0 Å². The van der Waals surface area contributed by atoms with Crippen molar-refractivity contribution < 1.29 is 9.59 Å². The highest BCUT2D eigenvalue weighted by Gasteiger charge is 2.36. The first-order valence-electron chi connectivity index (χ1n) is 8.13. The van der Waals surface area contributed by atoms with Gasteiger partial charge in [-0.05, 0) is 37.5 Å². The number of fused-ring (bicyclic) bond motifs is 1. The van der Waals surface area contributed by atoms with Gasteiger partial charge in [0.05, 0.1) is 5.69 Å². The fourth-order valence-electron chi connectivity index (χ4n) is 2.99. The summed E-state index contributed by atoms with van der Waals surface area (Å²) in [7, 11) is 0. The topological polar surface area (TPSA) is 46.5 Å². The number of ketones is 2. The van der Waals surface area contributed by atoms with E-state index in [0.29, 0.717) is 24.0 Å². The number of carbonyl (C=O) groups excluding carboxylic acids is 2. The van der Waals surface area contributed by atoms with Crippen LogP contribution in [0.25, 0.3) is 0 Å². The SMILES string of the molecule is CCCC(=O)c1cc2c(c(C(=O)CCC)c1)C(C)(C)C(C)=N2. The van der Waals surface area contributed by atoms with Crippen molar-refractivity contribution in [2.75, 3.05) is 0 Å². The Bertz CT molecular complexity index is 654. The molecule has 1 aromatic rings. The quantitative estimate of drug-likeness (QED) is 0.691. The van der Waals surface area contributed by atoms with Gasteiger partial charge in [0.2, 0.25) is 0 Å². The standard InChI is InChI=1S/C19H25NO2/c1-6-8-16(21)13-10-14(17(22)9-7-2)18-15(11-13)20-12(3)19(18,4)5/h10-11H,6-9H2,1-5H3. The molecule has 0 spiro atoms. The van der Waals surface area contributed by atoms with Crippen LogP contribution in [0.4, 0.5) is 5.69 Å². The summed E-state index contributed by atoms with van der Waals surface area (Å²) in [6.07, 6.45) is 2.63. The van der Waals surface area contributed by atoms with Gasteiger partial charge >= 0.3 is 0 Å². The summed E-state index contributed by atoms with van der Waals surface area (Å²) in [4.78, 5) is 29.5. The molecule has 1 aromatic carbocycles. The van der Waals surface area contributed by atoms with Crippen LogP contribution in [-0.2, 0) is 5.41 Å². The van der Waals surface area contributed by atoms with E-state index in [2.05, 4.69) is 18.8 Å². The largest absolute Gasteiger partial charge is 0.294 e. The minimum absolute atomic E-state index is 0.0911. The molecule has 0 bridgehead atoms. The second-order valence-electron chi connectivity index (χ2n) is 6.59. The molecular weight excluding hydrogens is 274 g/mol. The zero-order valence-corrected chi connectivity index (χ0v) is 14.2. The highest BCUT2D eigenvalue weighted by molar-refractivity contribution is 6.09. The molecule has 2 rings (SSSR count). The van der Waals surface area contributed by atoms with Crippen molar-refractivity contribution in [1.82, 2.24) is 0 Å². The van der Waals surface area contributed by atoms with E-state index < -0.39 is 0 Å². The normalized spacial score (nSPS) is 15.4. The fraction of sp³-hybridized carbons (Fsp3) is 0.526. The number of nitrogens with zero attached hydrogens (tertiary/aromatic N) is 1. The lowest BCUT2D eigenvalue weighted by Gasteiger charge is -2.23. The van der Waals surface area contributed by atoms with Crippen molar-refractivity contribution in [3.63, 3.8) is 0 Å². The van der Waals surface area contributed by atoms with Crippen LogP contribution in [0.15, 0.2) is 17.1 Å². The zero-order chi connectivity index (χ0) is 16.5. The number of benzene rings is 1. The number of Topliss-reactive ketones (excluding diaryl/α,β-unsaturated/α-hetero) is 2. The van der Waals surface area contributed by atoms with Crippen molar-refractivity contribution in [2.24, 2.45) is 4.99 Å². The van der Waals surface area contributed by atoms with Crippen LogP contribution in [0.3, 0.4) is 0 Å². The molecule has 0 fully saturated rings. The first kappa shape index (κ1) is 16.6. The van der Waals surface area contributed by atoms with E-state index in [1.54, 1.807) is 6.07 Å². The maximum Gasteiger partial charge on any atom is 0.163 e. The van der Waals surface area contributed by atoms with E-state index in [-0.39, 0.29) is 17.0 Å². The van der Waals surface area contributed by atoms with Crippen LogP contribution in [0.2, 0.25) is 0 Å². The molecule has 118 valence electrons. The maximum absolute atomic E-state index is 12.6. The molecule has 1 heterocycles. The third-order valence-corrected chi connectivity index (χ3v) is 4.51. The van der Waals surface area contributed by atoms with E-state index in [1.807, 2.05) is 26.8 Å². The van der Waals surface area contributed by atoms with E-state index in [1.165, 1.54) is 0 Å². The summed E-state index contributed by atoms with van der Waals surface area (Å²) in [5.74, 6) is 0.205. The van der Waals surface area contributed by atoms with Crippen LogP contribution < -0.4 is 0 Å². The van der Waals surface area contributed by atoms with E-state index >= 15 is 0 Å². The van der Waals surface area contributed by atoms with Gasteiger partial charge in [0.1, 0.15) is 0 Å². The second kappa shape index (κ2) is 6.15. The Balaban J connectivity index is 2.62. The van der Waals surface area contributed by atoms with Gasteiger partial charge in [0.15, 0.2) is 11.6 Å². The molecule has 0 atom stereocenters. The molecule has 0 aromatic heterocycles. The molecule has 0 unspecified atom stereocenters. The molecule has 3 heteroatoms. The number of hydrogen-bond donors (Lipinski definition) is 0. The zero-order valence-electron chi connectivity index (χ0n) is 14.2. The van der Waals surface area contributed by atoms with Crippen molar-refractivity contribution in [3.05, 3.63) is 28.8 Å². The molecule has 0 saturated carbocycles. The minimum Gasteiger partial charge on any atom is -0.294 e. The van der Waals surface area contributed by atoms with Crippen molar-refractivity contribution in [2.45, 2.75) is 65.7 Å². The van der Waals surface area contributed by atoms with Gasteiger partial charge in [0.25, 0.3) is 0 Å². The molecule has 1 aliphatic rings. The molecule has 0 N–H and O–H groups in total. The van der Waals surface area contributed by atoms with Gasteiger partial charge in [-0.15, -0.1) is 0 Å². The second-order valence-corrected chi connectivity index (χ2v) is 6.59. The highest BCUT2D eigenvalue weighted by atomic mass is 16.1. The lowest BCUT2D eigenvalue weighted by Crippen LogP contribution is -2.25. The van der Waals surface area contributed by atoms with Crippen molar-refractivity contribution in [1.29, 1.82) is 0 Å². The Morgan fingerprint density at radius 2 is 1.64 bits per heavy atom. The Hall–Kier alpha value is -1.77. The third kappa shape index (κ3) is 2.77. The van der Waals surface area contributed by atoms with E-state index in [4.69, 9.17) is 0 Å². The predicted molar refractivity (Wildman–Crippen MR) is 90.7 cm³/mol. The number of carbonyl (C=O) groups is 2. The smallest absolute Gasteiger partial charge is 0.163 e. The molecule has 1 aliphatic heterocycles. The fourth-order valence-corrected chi connectivity index (χ4v) is 2.99. The predicted octanol–water partition coefficient (Wildman–Crippen LogP) is 5.04. The molecule has 0 radical (unpaired) electrons. The van der Waals surface area contributed by atoms with Crippen LogP contribution in [0.1, 0.15) is 86.6 Å². The molecule has 0 saturated heterocycles. The maximum atomic E-state index is 12.6. The molecule has 3 nitrogen and oxygen atoms in total. The Labute approximate surface area is 132 Å². The summed E-state index contributed by atoms with van der Waals surface area (Å²) in [5, 5.41) is 0. The number of rotatable bonds is 6. The summed E-state index contributed by atoms with van der Waals surface area (Å²) in [6.45, 7) is 10.2. The van der Waals surface area contributed by atoms with Crippen LogP contribution in [0, 0.1) is 0 Å². The number of hydrogen-bond acceptors (Lipinski definition) is 3. The molecule has 0 amide bonds. The Morgan fingerprint density at radius 3 is 2.23 bits per heavy atom. The Kier molecular flexibility index (Phi) is 4.64. The van der Waals surface area contributed by atoms with Gasteiger partial charge in [-0.25, -0.2) is 0 Å². The molecular formula is C19H25NO2. The molecule has 22 heavy (non-hydrogen) atoms. The van der Waals surface area contributed by atoms with Gasteiger partial charge < -0.3 is 0 Å². The summed E-state index contributed by atoms with van der Waals surface area (Å²) < 4.78 is 0. The molecule has 0 aliphatic carbocycles. The first-order chi connectivity index (χ1) is 10.3. The average Bonchev–Trinajstić information content (AvgIpc) is 2.68. The van der Waals surface area contributed by atoms with Gasteiger partial charge in [0, 0.05) is 35.1 Å². The highest BCUT2D eigenvalue weighted by Crippen LogP contribution is 2.43. The lowest BCUT2D eigenvalue weighted by atomic mass is 9.77. The number of aliphatic imine (C=N–C) groups is 1. The lowest BCUT2D eigenvalue weighted by molar-refractivity contribution is 0.0980. The van der Waals surface area contributed by atoms with Gasteiger partial charge in [-0.3, -0.25) is 14.6 Å². The van der Waals surface area contributed by atoms with E-state index in [0.717, 1.165) is 29.8 Å².